The van der Waals surface area contributed by atoms with Crippen molar-refractivity contribution in [2.45, 2.75) is 31.2 Å². The summed E-state index contributed by atoms with van der Waals surface area (Å²) in [5.41, 5.74) is 11.4. The molecule has 0 atom stereocenters. The highest BCUT2D eigenvalue weighted by atomic mass is 32.2. The molecule has 0 spiro atoms. The molecule has 1 aromatic carbocycles. The van der Waals surface area contributed by atoms with Gasteiger partial charge < -0.3 is 11.5 Å². The number of rotatable bonds is 8. The number of hydrogen-bond acceptors (Lipinski definition) is 4. The fourth-order valence-electron chi connectivity index (χ4n) is 1.77. The number of amides is 1. The first-order valence-electron chi connectivity index (χ1n) is 6.49. The number of unbranched alkanes of at least 4 members (excludes halogenated alkanes) is 1. The van der Waals surface area contributed by atoms with Crippen LogP contribution >= 0.6 is 0 Å². The molecule has 1 amide bonds. The van der Waals surface area contributed by atoms with Gasteiger partial charge in [-0.2, -0.15) is 4.31 Å². The fraction of sp³-hybridized carbons (Fsp3) is 0.462. The Bertz CT molecular complexity index is 558. The maximum Gasteiger partial charge on any atom is 0.243 e. The molecule has 1 rings (SSSR count). The molecule has 0 saturated heterocycles. The van der Waals surface area contributed by atoms with Crippen LogP contribution in [0.2, 0.25) is 0 Å². The van der Waals surface area contributed by atoms with E-state index in [0.717, 1.165) is 16.3 Å². The Hall–Kier alpha value is -1.44. The van der Waals surface area contributed by atoms with Crippen molar-refractivity contribution >= 4 is 15.9 Å². The quantitative estimate of drug-likeness (QED) is 0.725. The smallest absolute Gasteiger partial charge is 0.243 e. The minimum absolute atomic E-state index is 0.137. The summed E-state index contributed by atoms with van der Waals surface area (Å²) < 4.78 is 26.2. The average molecular weight is 299 g/mol. The van der Waals surface area contributed by atoms with E-state index in [2.05, 4.69) is 0 Å². The SMILES string of the molecule is CCCCN(CC(N)=O)S(=O)(=O)c1cccc(CN)c1. The van der Waals surface area contributed by atoms with Gasteiger partial charge in [-0.25, -0.2) is 8.42 Å². The molecular weight excluding hydrogens is 278 g/mol. The Balaban J connectivity index is 3.10. The van der Waals surface area contributed by atoms with Gasteiger partial charge in [0.05, 0.1) is 11.4 Å². The van der Waals surface area contributed by atoms with E-state index < -0.39 is 15.9 Å². The number of nitrogens with zero attached hydrogens (tertiary/aromatic N) is 1. The molecule has 0 heterocycles. The Kier molecular flexibility index (Phi) is 6.12. The molecule has 0 aliphatic rings. The predicted octanol–water partition coefficient (Wildman–Crippen LogP) is 0.421. The maximum atomic E-state index is 12.5. The van der Waals surface area contributed by atoms with Crippen LogP contribution in [0.1, 0.15) is 25.3 Å². The van der Waals surface area contributed by atoms with Gasteiger partial charge in [-0.05, 0) is 24.1 Å². The third-order valence-electron chi connectivity index (χ3n) is 2.87. The Morgan fingerprint density at radius 2 is 2.05 bits per heavy atom. The van der Waals surface area contributed by atoms with E-state index in [1.165, 1.54) is 12.1 Å². The van der Waals surface area contributed by atoms with Crippen LogP contribution in [0.15, 0.2) is 29.2 Å². The number of carbonyl (C=O) groups is 1. The lowest BCUT2D eigenvalue weighted by molar-refractivity contribution is -0.118. The minimum Gasteiger partial charge on any atom is -0.369 e. The number of benzene rings is 1. The fourth-order valence-corrected chi connectivity index (χ4v) is 3.29. The zero-order valence-electron chi connectivity index (χ0n) is 11.6. The molecule has 0 aliphatic heterocycles. The summed E-state index contributed by atoms with van der Waals surface area (Å²) in [5.74, 6) is -0.667. The van der Waals surface area contributed by atoms with Crippen LogP contribution in [0, 0.1) is 0 Å². The highest BCUT2D eigenvalue weighted by Crippen LogP contribution is 2.17. The summed E-state index contributed by atoms with van der Waals surface area (Å²) in [4.78, 5) is 11.2. The molecule has 20 heavy (non-hydrogen) atoms. The van der Waals surface area contributed by atoms with Gasteiger partial charge in [0.2, 0.25) is 15.9 Å². The lowest BCUT2D eigenvalue weighted by atomic mass is 10.2. The third kappa shape index (κ3) is 4.29. The molecule has 7 heteroatoms. The number of carbonyl (C=O) groups excluding carboxylic acids is 1. The van der Waals surface area contributed by atoms with E-state index in [1.54, 1.807) is 12.1 Å². The molecule has 0 aliphatic carbocycles. The van der Waals surface area contributed by atoms with Gasteiger partial charge in [-0.3, -0.25) is 4.79 Å². The first kappa shape index (κ1) is 16.6. The largest absolute Gasteiger partial charge is 0.369 e. The number of primary amides is 1. The molecule has 0 radical (unpaired) electrons. The van der Waals surface area contributed by atoms with Gasteiger partial charge in [0.1, 0.15) is 0 Å². The monoisotopic (exact) mass is 299 g/mol. The molecular formula is C13H21N3O3S. The summed E-state index contributed by atoms with van der Waals surface area (Å²) in [5, 5.41) is 0. The van der Waals surface area contributed by atoms with Crippen molar-refractivity contribution < 1.29 is 13.2 Å². The summed E-state index contributed by atoms with van der Waals surface area (Å²) in [7, 11) is -3.72. The summed E-state index contributed by atoms with van der Waals surface area (Å²) in [6, 6.07) is 6.41. The van der Waals surface area contributed by atoms with Crippen molar-refractivity contribution in [1.82, 2.24) is 4.31 Å². The molecule has 112 valence electrons. The van der Waals surface area contributed by atoms with Crippen LogP contribution < -0.4 is 11.5 Å². The van der Waals surface area contributed by atoms with Gasteiger partial charge in [0.15, 0.2) is 0 Å². The first-order chi connectivity index (χ1) is 9.41. The van der Waals surface area contributed by atoms with E-state index in [4.69, 9.17) is 11.5 Å². The number of nitrogens with two attached hydrogens (primary N) is 2. The van der Waals surface area contributed by atoms with Crippen LogP contribution in [0.5, 0.6) is 0 Å². The zero-order chi connectivity index (χ0) is 15.2. The Labute approximate surface area is 119 Å². The highest BCUT2D eigenvalue weighted by molar-refractivity contribution is 7.89. The minimum atomic E-state index is -3.72. The van der Waals surface area contributed by atoms with Gasteiger partial charge in [0.25, 0.3) is 0 Å². The normalized spacial score (nSPS) is 11.8. The van der Waals surface area contributed by atoms with Crippen LogP contribution in [0.3, 0.4) is 0 Å². The average Bonchev–Trinajstić information content (AvgIpc) is 2.43. The zero-order valence-corrected chi connectivity index (χ0v) is 12.4. The van der Waals surface area contributed by atoms with Crippen molar-refractivity contribution in [3.8, 4) is 0 Å². The van der Waals surface area contributed by atoms with Crippen LogP contribution in [-0.4, -0.2) is 31.7 Å². The lowest BCUT2D eigenvalue weighted by Gasteiger charge is -2.20. The topological polar surface area (TPSA) is 106 Å². The van der Waals surface area contributed by atoms with Crippen LogP contribution in [-0.2, 0) is 21.4 Å². The first-order valence-corrected chi connectivity index (χ1v) is 7.93. The summed E-state index contributed by atoms with van der Waals surface area (Å²) >= 11 is 0. The van der Waals surface area contributed by atoms with E-state index in [0.29, 0.717) is 6.42 Å². The van der Waals surface area contributed by atoms with Crippen molar-refractivity contribution in [3.63, 3.8) is 0 Å². The molecule has 0 bridgehead atoms. The molecule has 4 N–H and O–H groups in total. The van der Waals surface area contributed by atoms with Gasteiger partial charge in [0, 0.05) is 13.1 Å². The van der Waals surface area contributed by atoms with Crippen LogP contribution in [0.25, 0.3) is 0 Å². The van der Waals surface area contributed by atoms with Gasteiger partial charge in [-0.15, -0.1) is 0 Å². The number of hydrogen-bond donors (Lipinski definition) is 2. The maximum absolute atomic E-state index is 12.5. The molecule has 0 saturated carbocycles. The van der Waals surface area contributed by atoms with Gasteiger partial charge >= 0.3 is 0 Å². The second-order valence-electron chi connectivity index (χ2n) is 4.51. The van der Waals surface area contributed by atoms with Crippen molar-refractivity contribution in [1.29, 1.82) is 0 Å². The van der Waals surface area contributed by atoms with E-state index >= 15 is 0 Å². The van der Waals surface area contributed by atoms with Crippen LogP contribution in [0.4, 0.5) is 0 Å². The molecule has 0 aromatic heterocycles. The standard InChI is InChI=1S/C13H21N3O3S/c1-2-3-7-16(10-13(15)17)20(18,19)12-6-4-5-11(8-12)9-14/h4-6,8H,2-3,7,9-10,14H2,1H3,(H2,15,17). The third-order valence-corrected chi connectivity index (χ3v) is 4.71. The van der Waals surface area contributed by atoms with Crippen molar-refractivity contribution in [2.24, 2.45) is 11.5 Å². The molecule has 6 nitrogen and oxygen atoms in total. The molecule has 1 aromatic rings. The summed E-state index contributed by atoms with van der Waals surface area (Å²) in [6.45, 7) is 2.17. The second kappa shape index (κ2) is 7.37. The molecule has 0 unspecified atom stereocenters. The predicted molar refractivity (Wildman–Crippen MR) is 77.2 cm³/mol. The highest BCUT2D eigenvalue weighted by Gasteiger charge is 2.25. The van der Waals surface area contributed by atoms with Crippen molar-refractivity contribution in [2.75, 3.05) is 13.1 Å². The Morgan fingerprint density at radius 3 is 2.60 bits per heavy atom. The summed E-state index contributed by atoms with van der Waals surface area (Å²) in [6.07, 6.45) is 1.50. The van der Waals surface area contributed by atoms with Gasteiger partial charge in [-0.1, -0.05) is 25.5 Å². The van der Waals surface area contributed by atoms with E-state index in [-0.39, 0.29) is 24.5 Å². The van der Waals surface area contributed by atoms with E-state index in [9.17, 15) is 13.2 Å². The number of sulfonamides is 1. The lowest BCUT2D eigenvalue weighted by Crippen LogP contribution is -2.39. The van der Waals surface area contributed by atoms with Crippen molar-refractivity contribution in [3.05, 3.63) is 29.8 Å². The Morgan fingerprint density at radius 1 is 1.35 bits per heavy atom. The van der Waals surface area contributed by atoms with E-state index in [1.807, 2.05) is 6.92 Å². The molecule has 0 fully saturated rings. The second-order valence-corrected chi connectivity index (χ2v) is 6.45.